The van der Waals surface area contributed by atoms with E-state index < -0.39 is 28.6 Å². The number of nitrogens with one attached hydrogen (secondary N) is 2. The summed E-state index contributed by atoms with van der Waals surface area (Å²) in [5.41, 5.74) is 2.51. The molecule has 1 unspecified atom stereocenters. The van der Waals surface area contributed by atoms with Crippen LogP contribution in [0.3, 0.4) is 0 Å². The maximum atomic E-state index is 13.5. The lowest BCUT2D eigenvalue weighted by atomic mass is 10.2. The van der Waals surface area contributed by atoms with Crippen molar-refractivity contribution in [3.8, 4) is 0 Å². The summed E-state index contributed by atoms with van der Waals surface area (Å²) in [6.45, 7) is 0. The van der Waals surface area contributed by atoms with Crippen molar-refractivity contribution in [1.29, 1.82) is 0 Å². The first-order valence-corrected chi connectivity index (χ1v) is 8.35. The first-order valence-electron chi connectivity index (χ1n) is 7.47. The van der Waals surface area contributed by atoms with E-state index in [0.717, 1.165) is 11.1 Å². The normalized spacial score (nSPS) is 16.3. The molecule has 26 heavy (non-hydrogen) atoms. The molecule has 1 heterocycles. The zero-order chi connectivity index (χ0) is 18.7. The van der Waals surface area contributed by atoms with Gasteiger partial charge >= 0.3 is 0 Å². The van der Waals surface area contributed by atoms with Gasteiger partial charge in [-0.2, -0.15) is 5.10 Å². The number of anilines is 1. The van der Waals surface area contributed by atoms with Crippen LogP contribution in [0.15, 0.2) is 46.4 Å². The molecule has 1 aliphatic heterocycles. The topological polar surface area (TPSA) is 70.6 Å². The first kappa shape index (κ1) is 18.0. The molecule has 1 atom stereocenters. The molecule has 2 aromatic carbocycles. The Kier molecular flexibility index (Phi) is 5.27. The van der Waals surface area contributed by atoms with Crippen molar-refractivity contribution in [2.75, 3.05) is 5.32 Å². The quantitative estimate of drug-likeness (QED) is 0.487. The van der Waals surface area contributed by atoms with Gasteiger partial charge in [-0.05, 0) is 18.2 Å². The number of fused-ring (bicyclic) bond motifs is 1. The van der Waals surface area contributed by atoms with Crippen LogP contribution >= 0.6 is 11.8 Å². The molecule has 5 nitrogen and oxygen atoms in total. The van der Waals surface area contributed by atoms with E-state index in [1.54, 1.807) is 12.1 Å². The highest BCUT2D eigenvalue weighted by Gasteiger charge is 2.28. The van der Waals surface area contributed by atoms with E-state index in [1.165, 1.54) is 11.8 Å². The molecule has 0 aliphatic carbocycles. The number of nitrogens with zero attached hydrogens (tertiary/aromatic N) is 1. The van der Waals surface area contributed by atoms with E-state index in [-0.39, 0.29) is 17.9 Å². The Morgan fingerprint density at radius 2 is 1.92 bits per heavy atom. The average molecular weight is 379 g/mol. The highest BCUT2D eigenvalue weighted by Crippen LogP contribution is 2.36. The molecule has 134 valence electrons. The summed E-state index contributed by atoms with van der Waals surface area (Å²) < 4.78 is 39.4. The highest BCUT2D eigenvalue weighted by molar-refractivity contribution is 8.01. The number of hydrogen-bond acceptors (Lipinski definition) is 4. The van der Waals surface area contributed by atoms with Crippen molar-refractivity contribution in [3.63, 3.8) is 0 Å². The van der Waals surface area contributed by atoms with Gasteiger partial charge in [0.1, 0.15) is 5.82 Å². The number of hydrazone groups is 1. The van der Waals surface area contributed by atoms with E-state index in [9.17, 15) is 22.8 Å². The van der Waals surface area contributed by atoms with Crippen LogP contribution in [-0.4, -0.2) is 23.3 Å². The van der Waals surface area contributed by atoms with Crippen LogP contribution in [0.1, 0.15) is 12.0 Å². The van der Waals surface area contributed by atoms with Crippen LogP contribution in [0.2, 0.25) is 0 Å². The number of para-hydroxylation sites is 1. The predicted molar refractivity (Wildman–Crippen MR) is 91.4 cm³/mol. The standard InChI is InChI=1S/C17H12F3N3O2S/c18-10-6-12(20)11(19)5-9(10)8-21-23-16(24)7-15-17(25)22-13-3-1-2-4-14(13)26-15/h1-6,8,15H,7H2,(H,22,25)(H,23,24)/b21-8+. The lowest BCUT2D eigenvalue weighted by Gasteiger charge is -2.23. The van der Waals surface area contributed by atoms with E-state index in [1.807, 2.05) is 12.1 Å². The van der Waals surface area contributed by atoms with Gasteiger partial charge in [0.05, 0.1) is 17.2 Å². The van der Waals surface area contributed by atoms with Gasteiger partial charge in [0.2, 0.25) is 11.8 Å². The molecule has 2 aromatic rings. The summed E-state index contributed by atoms with van der Waals surface area (Å²) in [4.78, 5) is 24.8. The lowest BCUT2D eigenvalue weighted by molar-refractivity contribution is -0.124. The summed E-state index contributed by atoms with van der Waals surface area (Å²) in [5, 5.41) is 5.59. The van der Waals surface area contributed by atoms with Gasteiger partial charge in [-0.25, -0.2) is 18.6 Å². The van der Waals surface area contributed by atoms with Crippen molar-refractivity contribution in [2.45, 2.75) is 16.6 Å². The molecule has 0 saturated heterocycles. The minimum Gasteiger partial charge on any atom is -0.324 e. The second-order valence-corrected chi connectivity index (χ2v) is 6.62. The molecule has 9 heteroatoms. The molecule has 0 spiro atoms. The Balaban J connectivity index is 1.60. The summed E-state index contributed by atoms with van der Waals surface area (Å²) in [5.74, 6) is -4.44. The molecular formula is C17H12F3N3O2S. The minimum atomic E-state index is -1.32. The van der Waals surface area contributed by atoms with Crippen molar-refractivity contribution < 1.29 is 22.8 Å². The first-order chi connectivity index (χ1) is 12.4. The summed E-state index contributed by atoms with van der Waals surface area (Å²) in [6.07, 6.45) is 0.710. The second kappa shape index (κ2) is 7.61. The molecule has 0 saturated carbocycles. The predicted octanol–water partition coefficient (Wildman–Crippen LogP) is 3.06. The van der Waals surface area contributed by atoms with Crippen LogP contribution in [0.5, 0.6) is 0 Å². The van der Waals surface area contributed by atoms with E-state index in [2.05, 4.69) is 15.8 Å². The Labute approximate surface area is 150 Å². The fourth-order valence-corrected chi connectivity index (χ4v) is 3.36. The number of carbonyl (C=O) groups excluding carboxylic acids is 2. The zero-order valence-electron chi connectivity index (χ0n) is 13.1. The number of halogens is 3. The Morgan fingerprint density at radius 3 is 2.73 bits per heavy atom. The van der Waals surface area contributed by atoms with E-state index >= 15 is 0 Å². The maximum Gasteiger partial charge on any atom is 0.241 e. The largest absolute Gasteiger partial charge is 0.324 e. The smallest absolute Gasteiger partial charge is 0.241 e. The Bertz CT molecular complexity index is 905. The number of thioether (sulfide) groups is 1. The minimum absolute atomic E-state index is 0.150. The van der Waals surface area contributed by atoms with Crippen LogP contribution < -0.4 is 10.7 Å². The van der Waals surface area contributed by atoms with Gasteiger partial charge in [-0.15, -0.1) is 11.8 Å². The fraction of sp³-hybridized carbons (Fsp3) is 0.118. The highest BCUT2D eigenvalue weighted by atomic mass is 32.2. The molecule has 0 aromatic heterocycles. The van der Waals surface area contributed by atoms with Crippen molar-refractivity contribution in [1.82, 2.24) is 5.43 Å². The molecule has 3 rings (SSSR count). The van der Waals surface area contributed by atoms with Crippen LogP contribution in [0.4, 0.5) is 18.9 Å². The second-order valence-electron chi connectivity index (χ2n) is 5.38. The molecule has 2 amide bonds. The number of amides is 2. The molecular weight excluding hydrogens is 367 g/mol. The van der Waals surface area contributed by atoms with Gasteiger partial charge in [0.25, 0.3) is 0 Å². The SMILES string of the molecule is O=C(CC1Sc2ccccc2NC1=O)N/N=C/c1cc(F)c(F)cc1F. The summed E-state index contributed by atoms with van der Waals surface area (Å²) in [6, 6.07) is 8.21. The van der Waals surface area contributed by atoms with E-state index in [4.69, 9.17) is 0 Å². The van der Waals surface area contributed by atoms with Gasteiger partial charge in [-0.1, -0.05) is 12.1 Å². The lowest BCUT2D eigenvalue weighted by Crippen LogP contribution is -2.33. The van der Waals surface area contributed by atoms with Gasteiger partial charge < -0.3 is 5.32 Å². The molecule has 1 aliphatic rings. The number of benzene rings is 2. The third kappa shape index (κ3) is 4.05. The molecule has 0 radical (unpaired) electrons. The van der Waals surface area contributed by atoms with Gasteiger partial charge in [0.15, 0.2) is 11.6 Å². The number of hydrogen-bond donors (Lipinski definition) is 2. The zero-order valence-corrected chi connectivity index (χ0v) is 13.9. The monoisotopic (exact) mass is 379 g/mol. The van der Waals surface area contributed by atoms with Crippen LogP contribution in [0.25, 0.3) is 0 Å². The summed E-state index contributed by atoms with van der Waals surface area (Å²) in [7, 11) is 0. The number of carbonyl (C=O) groups is 2. The van der Waals surface area contributed by atoms with Crippen LogP contribution in [0, 0.1) is 17.5 Å². The van der Waals surface area contributed by atoms with Crippen molar-refractivity contribution in [3.05, 3.63) is 59.4 Å². The van der Waals surface area contributed by atoms with Crippen molar-refractivity contribution >= 4 is 35.5 Å². The third-order valence-electron chi connectivity index (χ3n) is 3.51. The van der Waals surface area contributed by atoms with Crippen molar-refractivity contribution in [2.24, 2.45) is 5.10 Å². The van der Waals surface area contributed by atoms with E-state index in [0.29, 0.717) is 17.8 Å². The third-order valence-corrected chi connectivity index (χ3v) is 4.79. The fourth-order valence-electron chi connectivity index (χ4n) is 2.25. The van der Waals surface area contributed by atoms with Gasteiger partial charge in [-0.3, -0.25) is 9.59 Å². The van der Waals surface area contributed by atoms with Gasteiger partial charge in [0, 0.05) is 22.9 Å². The maximum absolute atomic E-state index is 13.5. The van der Waals surface area contributed by atoms with Crippen LogP contribution in [-0.2, 0) is 9.59 Å². The summed E-state index contributed by atoms with van der Waals surface area (Å²) >= 11 is 1.25. The molecule has 2 N–H and O–H groups in total. The average Bonchev–Trinajstić information content (AvgIpc) is 2.60. The Morgan fingerprint density at radius 1 is 1.19 bits per heavy atom. The molecule has 0 fully saturated rings. The molecule has 0 bridgehead atoms. The number of rotatable bonds is 4. The Hall–Kier alpha value is -2.81.